The molecule has 1 aromatic heterocycles. The van der Waals surface area contributed by atoms with Crippen molar-refractivity contribution in [3.8, 4) is 0 Å². The summed E-state index contributed by atoms with van der Waals surface area (Å²) >= 11 is 1.77. The zero-order valence-corrected chi connectivity index (χ0v) is 12.5. The molecule has 0 saturated carbocycles. The Hall–Kier alpha value is -0.450. The number of hydrogen-bond acceptors (Lipinski definition) is 4. The molecular formula is C13H24N2OS. The number of nitrogens with one attached hydrogen (secondary N) is 1. The van der Waals surface area contributed by atoms with Gasteiger partial charge in [-0.15, -0.1) is 11.3 Å². The predicted octanol–water partition coefficient (Wildman–Crippen LogP) is 2.78. The normalized spacial score (nSPS) is 15.9. The van der Waals surface area contributed by atoms with Crippen molar-refractivity contribution in [2.24, 2.45) is 0 Å². The number of thiazole rings is 1. The van der Waals surface area contributed by atoms with Crippen molar-refractivity contribution in [2.75, 3.05) is 6.61 Å². The predicted molar refractivity (Wildman–Crippen MR) is 73.6 cm³/mol. The van der Waals surface area contributed by atoms with Crippen molar-refractivity contribution in [1.82, 2.24) is 10.3 Å². The lowest BCUT2D eigenvalue weighted by Gasteiger charge is -2.17. The number of nitrogens with zero attached hydrogens (tertiary/aromatic N) is 1. The van der Waals surface area contributed by atoms with E-state index >= 15 is 0 Å². The van der Waals surface area contributed by atoms with Crippen molar-refractivity contribution in [3.05, 3.63) is 15.6 Å². The summed E-state index contributed by atoms with van der Waals surface area (Å²) in [5.41, 5.74) is 1.21. The minimum Gasteiger partial charge on any atom is -0.395 e. The van der Waals surface area contributed by atoms with Gasteiger partial charge < -0.3 is 10.4 Å². The van der Waals surface area contributed by atoms with Gasteiger partial charge in [-0.1, -0.05) is 20.8 Å². The van der Waals surface area contributed by atoms with Gasteiger partial charge in [0.15, 0.2) is 0 Å². The van der Waals surface area contributed by atoms with Crippen molar-refractivity contribution < 1.29 is 5.11 Å². The van der Waals surface area contributed by atoms with E-state index in [0.29, 0.717) is 0 Å². The quantitative estimate of drug-likeness (QED) is 0.870. The molecule has 2 N–H and O–H groups in total. The second kappa shape index (κ2) is 5.46. The Labute approximate surface area is 108 Å². The van der Waals surface area contributed by atoms with Gasteiger partial charge in [-0.05, 0) is 20.8 Å². The van der Waals surface area contributed by atoms with E-state index in [0.717, 1.165) is 5.69 Å². The largest absolute Gasteiger partial charge is 0.395 e. The number of aliphatic hydroxyl groups is 1. The fourth-order valence-electron chi connectivity index (χ4n) is 1.69. The zero-order valence-electron chi connectivity index (χ0n) is 11.7. The van der Waals surface area contributed by atoms with Gasteiger partial charge >= 0.3 is 0 Å². The molecule has 17 heavy (non-hydrogen) atoms. The molecule has 1 aromatic rings. The molecule has 0 amide bonds. The van der Waals surface area contributed by atoms with Crippen LogP contribution in [0.4, 0.5) is 0 Å². The van der Waals surface area contributed by atoms with Crippen LogP contribution in [0, 0.1) is 6.92 Å². The zero-order chi connectivity index (χ0) is 13.2. The second-order valence-electron chi connectivity index (χ2n) is 5.69. The number of aliphatic hydroxyl groups excluding tert-OH is 1. The molecule has 0 aliphatic carbocycles. The van der Waals surface area contributed by atoms with Crippen LogP contribution in [0.1, 0.15) is 56.2 Å². The molecule has 98 valence electrons. The van der Waals surface area contributed by atoms with Gasteiger partial charge in [-0.25, -0.2) is 4.98 Å². The van der Waals surface area contributed by atoms with Crippen LogP contribution in [-0.4, -0.2) is 22.7 Å². The highest BCUT2D eigenvalue weighted by molar-refractivity contribution is 7.12. The van der Waals surface area contributed by atoms with E-state index in [1.807, 2.05) is 6.92 Å². The smallest absolute Gasteiger partial charge is 0.0985 e. The molecule has 0 bridgehead atoms. The molecule has 1 heterocycles. The van der Waals surface area contributed by atoms with Gasteiger partial charge in [0, 0.05) is 22.4 Å². The molecule has 4 heteroatoms. The first-order valence-electron chi connectivity index (χ1n) is 6.10. The van der Waals surface area contributed by atoms with Crippen LogP contribution < -0.4 is 5.32 Å². The summed E-state index contributed by atoms with van der Waals surface area (Å²) in [4.78, 5) is 5.93. The first-order chi connectivity index (χ1) is 7.75. The molecule has 3 nitrogen and oxygen atoms in total. The maximum atomic E-state index is 9.06. The van der Waals surface area contributed by atoms with Crippen LogP contribution in [0.25, 0.3) is 0 Å². The molecular weight excluding hydrogens is 232 g/mol. The van der Waals surface area contributed by atoms with E-state index in [4.69, 9.17) is 5.11 Å². The lowest BCUT2D eigenvalue weighted by molar-refractivity contribution is 0.243. The lowest BCUT2D eigenvalue weighted by Crippen LogP contribution is -2.31. The van der Waals surface area contributed by atoms with Gasteiger partial charge in [-0.2, -0.15) is 0 Å². The maximum Gasteiger partial charge on any atom is 0.0985 e. The summed E-state index contributed by atoms with van der Waals surface area (Å²) in [6.45, 7) is 12.9. The third kappa shape index (κ3) is 3.76. The minimum absolute atomic E-state index is 0.107. The Bertz CT molecular complexity index is 368. The van der Waals surface area contributed by atoms with Crippen LogP contribution in [0.15, 0.2) is 0 Å². The fourth-order valence-corrected chi connectivity index (χ4v) is 2.82. The molecule has 0 aromatic carbocycles. The third-order valence-corrected chi connectivity index (χ3v) is 4.44. The minimum atomic E-state index is 0.107. The van der Waals surface area contributed by atoms with Crippen molar-refractivity contribution in [2.45, 2.75) is 59.0 Å². The van der Waals surface area contributed by atoms with Gasteiger partial charge in [0.2, 0.25) is 0 Å². The topological polar surface area (TPSA) is 45.2 Å². The molecule has 0 fully saturated rings. The summed E-state index contributed by atoms with van der Waals surface area (Å²) in [5, 5.41) is 13.6. The third-order valence-electron chi connectivity index (χ3n) is 2.68. The molecule has 2 unspecified atom stereocenters. The number of aryl methyl sites for hydroxylation is 1. The lowest BCUT2D eigenvalue weighted by atomic mass is 9.98. The summed E-state index contributed by atoms with van der Waals surface area (Å²) in [6.07, 6.45) is 0. The standard InChI is InChI=1S/C13H24N2OS/c1-8(7-16)14-9(2)11-10(3)15-12(17-11)13(4,5)6/h8-9,14,16H,7H2,1-6H3. The first kappa shape index (κ1) is 14.6. The number of hydrogen-bond donors (Lipinski definition) is 2. The SMILES string of the molecule is Cc1nc(C(C)(C)C)sc1C(C)NC(C)CO. The van der Waals surface area contributed by atoms with E-state index < -0.39 is 0 Å². The Morgan fingerprint density at radius 1 is 1.35 bits per heavy atom. The average molecular weight is 256 g/mol. The van der Waals surface area contributed by atoms with Crippen LogP contribution in [0.2, 0.25) is 0 Å². The molecule has 0 aliphatic heterocycles. The fraction of sp³-hybridized carbons (Fsp3) is 0.769. The van der Waals surface area contributed by atoms with E-state index in [1.54, 1.807) is 11.3 Å². The van der Waals surface area contributed by atoms with E-state index in [1.165, 1.54) is 9.88 Å². The van der Waals surface area contributed by atoms with Crippen molar-refractivity contribution in [1.29, 1.82) is 0 Å². The summed E-state index contributed by atoms with van der Waals surface area (Å²) in [6, 6.07) is 0.357. The Morgan fingerprint density at radius 2 is 1.94 bits per heavy atom. The summed E-state index contributed by atoms with van der Waals surface area (Å²) in [5.74, 6) is 0. The monoisotopic (exact) mass is 256 g/mol. The number of aromatic nitrogens is 1. The van der Waals surface area contributed by atoms with Crippen LogP contribution in [-0.2, 0) is 5.41 Å². The van der Waals surface area contributed by atoms with Crippen LogP contribution in [0.5, 0.6) is 0 Å². The van der Waals surface area contributed by atoms with E-state index in [-0.39, 0.29) is 24.1 Å². The van der Waals surface area contributed by atoms with E-state index in [9.17, 15) is 0 Å². The second-order valence-corrected chi connectivity index (χ2v) is 6.72. The Balaban J connectivity index is 2.88. The summed E-state index contributed by atoms with van der Waals surface area (Å²) in [7, 11) is 0. The summed E-state index contributed by atoms with van der Waals surface area (Å²) < 4.78 is 0. The molecule has 2 atom stereocenters. The molecule has 0 aliphatic rings. The molecule has 0 radical (unpaired) electrons. The Morgan fingerprint density at radius 3 is 2.35 bits per heavy atom. The Kier molecular flexibility index (Phi) is 4.69. The van der Waals surface area contributed by atoms with Gasteiger partial charge in [-0.3, -0.25) is 0 Å². The van der Waals surface area contributed by atoms with E-state index in [2.05, 4.69) is 44.9 Å². The number of rotatable bonds is 4. The van der Waals surface area contributed by atoms with Crippen molar-refractivity contribution in [3.63, 3.8) is 0 Å². The van der Waals surface area contributed by atoms with Crippen molar-refractivity contribution >= 4 is 11.3 Å². The van der Waals surface area contributed by atoms with Gasteiger partial charge in [0.25, 0.3) is 0 Å². The highest BCUT2D eigenvalue weighted by atomic mass is 32.1. The average Bonchev–Trinajstić information content (AvgIpc) is 2.59. The molecule has 1 rings (SSSR count). The van der Waals surface area contributed by atoms with Gasteiger partial charge in [0.05, 0.1) is 17.3 Å². The van der Waals surface area contributed by atoms with Crippen LogP contribution >= 0.6 is 11.3 Å². The van der Waals surface area contributed by atoms with Crippen LogP contribution in [0.3, 0.4) is 0 Å². The first-order valence-corrected chi connectivity index (χ1v) is 6.92. The molecule has 0 saturated heterocycles. The maximum absolute atomic E-state index is 9.06. The highest BCUT2D eigenvalue weighted by Gasteiger charge is 2.22. The molecule has 0 spiro atoms. The van der Waals surface area contributed by atoms with Gasteiger partial charge in [0.1, 0.15) is 0 Å². The highest BCUT2D eigenvalue weighted by Crippen LogP contribution is 2.32.